The van der Waals surface area contributed by atoms with Crippen molar-refractivity contribution >= 4 is 29.1 Å². The summed E-state index contributed by atoms with van der Waals surface area (Å²) in [4.78, 5) is 51.1. The van der Waals surface area contributed by atoms with E-state index in [-0.39, 0.29) is 11.1 Å². The molecule has 2 aromatic carbocycles. The molecule has 0 spiro atoms. The highest BCUT2D eigenvalue weighted by atomic mass is 16.6. The maximum Gasteiger partial charge on any atom is 0.282 e. The topological polar surface area (TPSA) is 101 Å². The lowest BCUT2D eigenvalue weighted by molar-refractivity contribution is -0.385. The summed E-state index contributed by atoms with van der Waals surface area (Å²) in [6.07, 6.45) is 0.774. The van der Waals surface area contributed by atoms with Crippen LogP contribution < -0.4 is 4.90 Å². The van der Waals surface area contributed by atoms with Crippen molar-refractivity contribution in [2.24, 2.45) is 0 Å². The zero-order valence-corrected chi connectivity index (χ0v) is 15.1. The summed E-state index contributed by atoms with van der Waals surface area (Å²) in [5.74, 6) is -1.58. The van der Waals surface area contributed by atoms with Gasteiger partial charge < -0.3 is 4.90 Å². The Labute approximate surface area is 160 Å². The first-order chi connectivity index (χ1) is 13.4. The van der Waals surface area contributed by atoms with Gasteiger partial charge in [-0.05, 0) is 30.0 Å². The van der Waals surface area contributed by atoms with Crippen LogP contribution >= 0.6 is 0 Å². The maximum atomic E-state index is 12.9. The Morgan fingerprint density at radius 3 is 2.64 bits per heavy atom. The van der Waals surface area contributed by atoms with Crippen LogP contribution in [0.2, 0.25) is 0 Å². The smallest absolute Gasteiger partial charge is 0.282 e. The summed E-state index contributed by atoms with van der Waals surface area (Å²) in [6, 6.07) is 11.5. The van der Waals surface area contributed by atoms with E-state index in [2.05, 4.69) is 6.92 Å². The highest BCUT2D eigenvalue weighted by Gasteiger charge is 2.42. The average Bonchev–Trinajstić information content (AvgIpc) is 2.93. The van der Waals surface area contributed by atoms with E-state index >= 15 is 0 Å². The van der Waals surface area contributed by atoms with E-state index in [1.165, 1.54) is 18.2 Å². The molecule has 0 fully saturated rings. The second-order valence-electron chi connectivity index (χ2n) is 6.95. The molecular formula is C20H17N3O5. The highest BCUT2D eigenvalue weighted by Crippen LogP contribution is 2.35. The van der Waals surface area contributed by atoms with Gasteiger partial charge in [0.05, 0.1) is 10.5 Å². The summed E-state index contributed by atoms with van der Waals surface area (Å²) < 4.78 is 0. The second-order valence-corrected chi connectivity index (χ2v) is 6.95. The predicted octanol–water partition coefficient (Wildman–Crippen LogP) is 2.73. The third-order valence-corrected chi connectivity index (χ3v) is 5.31. The molecule has 2 heterocycles. The standard InChI is InChI=1S/C20H17N3O5/c1-12-9-10-21(15-7-3-2-5-13(12)15)17(24)11-22-19(25)14-6-4-8-16(23(27)28)18(14)20(22)26/h2-8,12H,9-11H2,1H3. The molecule has 3 amide bonds. The molecule has 1 atom stereocenters. The van der Waals surface area contributed by atoms with Crippen molar-refractivity contribution in [3.8, 4) is 0 Å². The van der Waals surface area contributed by atoms with E-state index < -0.39 is 34.9 Å². The van der Waals surface area contributed by atoms with Gasteiger partial charge in [0.15, 0.2) is 0 Å². The number of amides is 3. The van der Waals surface area contributed by atoms with Gasteiger partial charge in [-0.15, -0.1) is 0 Å². The molecule has 8 nitrogen and oxygen atoms in total. The molecule has 4 rings (SSSR count). The van der Waals surface area contributed by atoms with Crippen LogP contribution in [0.1, 0.15) is 45.5 Å². The van der Waals surface area contributed by atoms with Gasteiger partial charge in [0.25, 0.3) is 17.5 Å². The number of benzene rings is 2. The number of hydrogen-bond acceptors (Lipinski definition) is 5. The van der Waals surface area contributed by atoms with Crippen molar-refractivity contribution in [1.82, 2.24) is 4.90 Å². The number of hydrogen-bond donors (Lipinski definition) is 0. The summed E-state index contributed by atoms with van der Waals surface area (Å²) >= 11 is 0. The van der Waals surface area contributed by atoms with Gasteiger partial charge in [-0.2, -0.15) is 0 Å². The number of rotatable bonds is 3. The summed E-state index contributed by atoms with van der Waals surface area (Å²) in [7, 11) is 0. The SMILES string of the molecule is CC1CCN(C(=O)CN2C(=O)c3cccc([N+](=O)[O-])c3C2=O)c2ccccc21. The Morgan fingerprint density at radius 2 is 1.89 bits per heavy atom. The number of nitro groups is 1. The number of carbonyl (C=O) groups is 3. The van der Waals surface area contributed by atoms with Crippen molar-refractivity contribution in [2.45, 2.75) is 19.3 Å². The first kappa shape index (κ1) is 17.8. The van der Waals surface area contributed by atoms with E-state index in [0.29, 0.717) is 12.5 Å². The molecule has 142 valence electrons. The molecule has 0 aliphatic carbocycles. The second kappa shape index (κ2) is 6.56. The quantitative estimate of drug-likeness (QED) is 0.464. The molecule has 2 aliphatic rings. The lowest BCUT2D eigenvalue weighted by Gasteiger charge is -2.33. The predicted molar refractivity (Wildman–Crippen MR) is 100 cm³/mol. The summed E-state index contributed by atoms with van der Waals surface area (Å²) in [6.45, 7) is 2.12. The Hall–Kier alpha value is -3.55. The highest BCUT2D eigenvalue weighted by molar-refractivity contribution is 6.24. The zero-order chi connectivity index (χ0) is 20.0. The minimum atomic E-state index is -0.806. The first-order valence-electron chi connectivity index (χ1n) is 8.93. The minimum Gasteiger partial charge on any atom is -0.311 e. The Kier molecular flexibility index (Phi) is 4.18. The van der Waals surface area contributed by atoms with Gasteiger partial charge in [-0.3, -0.25) is 29.4 Å². The van der Waals surface area contributed by atoms with E-state index in [9.17, 15) is 24.5 Å². The van der Waals surface area contributed by atoms with Gasteiger partial charge in [0.2, 0.25) is 5.91 Å². The number of para-hydroxylation sites is 1. The monoisotopic (exact) mass is 379 g/mol. The lowest BCUT2D eigenvalue weighted by atomic mass is 9.91. The van der Waals surface area contributed by atoms with E-state index in [4.69, 9.17) is 0 Å². The summed E-state index contributed by atoms with van der Waals surface area (Å²) in [5, 5.41) is 11.2. The van der Waals surface area contributed by atoms with Crippen LogP contribution in [-0.4, -0.2) is 40.6 Å². The molecular weight excluding hydrogens is 362 g/mol. The molecule has 28 heavy (non-hydrogen) atoms. The average molecular weight is 379 g/mol. The normalized spacial score (nSPS) is 18.1. The van der Waals surface area contributed by atoms with Gasteiger partial charge in [0, 0.05) is 18.3 Å². The van der Waals surface area contributed by atoms with Crippen LogP contribution in [0, 0.1) is 10.1 Å². The van der Waals surface area contributed by atoms with E-state index in [0.717, 1.165) is 22.6 Å². The van der Waals surface area contributed by atoms with Gasteiger partial charge in [0.1, 0.15) is 12.1 Å². The van der Waals surface area contributed by atoms with Crippen LogP contribution in [0.15, 0.2) is 42.5 Å². The van der Waals surface area contributed by atoms with Crippen LogP contribution in [0.5, 0.6) is 0 Å². The molecule has 8 heteroatoms. The number of nitrogens with zero attached hydrogens (tertiary/aromatic N) is 3. The fraction of sp³-hybridized carbons (Fsp3) is 0.250. The molecule has 0 radical (unpaired) electrons. The van der Waals surface area contributed by atoms with Crippen molar-refractivity contribution < 1.29 is 19.3 Å². The zero-order valence-electron chi connectivity index (χ0n) is 15.1. The summed E-state index contributed by atoms with van der Waals surface area (Å²) in [5.41, 5.74) is 1.09. The van der Waals surface area contributed by atoms with Gasteiger partial charge in [-0.25, -0.2) is 0 Å². The molecule has 1 unspecified atom stereocenters. The van der Waals surface area contributed by atoms with E-state index in [1.807, 2.05) is 24.3 Å². The van der Waals surface area contributed by atoms with Crippen molar-refractivity contribution in [1.29, 1.82) is 0 Å². The molecule has 0 N–H and O–H groups in total. The van der Waals surface area contributed by atoms with Crippen LogP contribution in [-0.2, 0) is 4.79 Å². The molecule has 0 saturated heterocycles. The van der Waals surface area contributed by atoms with E-state index in [1.54, 1.807) is 4.90 Å². The Bertz CT molecular complexity index is 1030. The third-order valence-electron chi connectivity index (χ3n) is 5.31. The number of anilines is 1. The molecule has 0 bridgehead atoms. The van der Waals surface area contributed by atoms with Gasteiger partial charge >= 0.3 is 0 Å². The maximum absolute atomic E-state index is 12.9. The van der Waals surface area contributed by atoms with Crippen molar-refractivity contribution in [3.05, 3.63) is 69.3 Å². The van der Waals surface area contributed by atoms with Crippen LogP contribution in [0.4, 0.5) is 11.4 Å². The van der Waals surface area contributed by atoms with Gasteiger partial charge in [-0.1, -0.05) is 31.2 Å². The number of imide groups is 1. The number of nitro benzene ring substituents is 1. The molecule has 2 aromatic rings. The van der Waals surface area contributed by atoms with Crippen molar-refractivity contribution in [3.63, 3.8) is 0 Å². The van der Waals surface area contributed by atoms with Crippen LogP contribution in [0.3, 0.4) is 0 Å². The van der Waals surface area contributed by atoms with Crippen molar-refractivity contribution in [2.75, 3.05) is 18.0 Å². The number of carbonyl (C=O) groups excluding carboxylic acids is 3. The molecule has 2 aliphatic heterocycles. The third kappa shape index (κ3) is 2.65. The lowest BCUT2D eigenvalue weighted by Crippen LogP contribution is -2.45. The minimum absolute atomic E-state index is 0.0420. The first-order valence-corrected chi connectivity index (χ1v) is 8.93. The van der Waals surface area contributed by atoms with Crippen LogP contribution in [0.25, 0.3) is 0 Å². The fourth-order valence-corrected chi connectivity index (χ4v) is 3.84. The Balaban J connectivity index is 1.62. The fourth-order valence-electron chi connectivity index (χ4n) is 3.84. The molecule has 0 aromatic heterocycles. The molecule has 0 saturated carbocycles. The number of fused-ring (bicyclic) bond motifs is 2. The Morgan fingerprint density at radius 1 is 1.14 bits per heavy atom. The largest absolute Gasteiger partial charge is 0.311 e.